The van der Waals surface area contributed by atoms with Crippen LogP contribution in [0.2, 0.25) is 5.02 Å². The van der Waals surface area contributed by atoms with Gasteiger partial charge in [0.1, 0.15) is 10.8 Å². The van der Waals surface area contributed by atoms with Gasteiger partial charge in [-0.2, -0.15) is 9.78 Å². The monoisotopic (exact) mass is 429 g/mol. The molecule has 0 bridgehead atoms. The molecule has 150 valence electrons. The summed E-state index contributed by atoms with van der Waals surface area (Å²) in [5.74, 6) is 0.473. The molecule has 0 atom stereocenters. The van der Waals surface area contributed by atoms with Crippen LogP contribution in [-0.4, -0.2) is 28.6 Å². The number of methoxy groups -OCH3 is 1. The first kappa shape index (κ1) is 21.0. The second-order valence-electron chi connectivity index (χ2n) is 6.38. The third kappa shape index (κ3) is 5.19. The van der Waals surface area contributed by atoms with Crippen LogP contribution in [0.4, 0.5) is 5.69 Å². The summed E-state index contributed by atoms with van der Waals surface area (Å²) in [6.45, 7) is 3.99. The van der Waals surface area contributed by atoms with Gasteiger partial charge >= 0.3 is 0 Å². The number of carbonyl (C=O) groups excluding carboxylic acids is 1. The van der Waals surface area contributed by atoms with Gasteiger partial charge in [0, 0.05) is 11.8 Å². The van der Waals surface area contributed by atoms with Crippen LogP contribution in [-0.2, 0) is 4.79 Å². The van der Waals surface area contributed by atoms with Crippen molar-refractivity contribution in [1.29, 1.82) is 0 Å². The Labute approximate surface area is 177 Å². The zero-order chi connectivity index (χ0) is 21.0. The number of thioether (sulfide) groups is 1. The smallest absolute Gasteiger partial charge is 0.271 e. The molecule has 0 fully saturated rings. The number of anilines is 1. The number of aromatic nitrogens is 2. The number of rotatable bonds is 6. The van der Waals surface area contributed by atoms with Crippen molar-refractivity contribution in [3.63, 3.8) is 0 Å². The summed E-state index contributed by atoms with van der Waals surface area (Å²) in [4.78, 5) is 24.5. The van der Waals surface area contributed by atoms with E-state index in [-0.39, 0.29) is 17.2 Å². The van der Waals surface area contributed by atoms with Gasteiger partial charge in [0.15, 0.2) is 0 Å². The lowest BCUT2D eigenvalue weighted by Crippen LogP contribution is -2.21. The molecule has 2 aromatic carbocycles. The highest BCUT2D eigenvalue weighted by atomic mass is 35.5. The standard InChI is InChI=1S/C21H20ClN3O3S/c1-13-4-6-16(10-14(13)2)25-21(27)9-8-20(24-25)29-12-19(26)23-15-5-7-18(28-3)17(22)11-15/h4-11H,12H2,1-3H3,(H,23,26). The largest absolute Gasteiger partial charge is 0.495 e. The van der Waals surface area contributed by atoms with E-state index in [1.165, 1.54) is 29.6 Å². The van der Waals surface area contributed by atoms with Crippen molar-refractivity contribution < 1.29 is 9.53 Å². The van der Waals surface area contributed by atoms with E-state index >= 15 is 0 Å². The molecule has 1 amide bonds. The van der Waals surface area contributed by atoms with Gasteiger partial charge in [-0.3, -0.25) is 9.59 Å². The zero-order valence-corrected chi connectivity index (χ0v) is 17.8. The first-order valence-corrected chi connectivity index (χ1v) is 10.2. The number of amides is 1. The third-order valence-corrected chi connectivity index (χ3v) is 5.51. The van der Waals surface area contributed by atoms with E-state index in [4.69, 9.17) is 16.3 Å². The minimum absolute atomic E-state index is 0.141. The van der Waals surface area contributed by atoms with Crippen LogP contribution in [0.25, 0.3) is 5.69 Å². The number of nitrogens with zero attached hydrogens (tertiary/aromatic N) is 2. The molecule has 29 heavy (non-hydrogen) atoms. The van der Waals surface area contributed by atoms with Crippen molar-refractivity contribution in [1.82, 2.24) is 9.78 Å². The van der Waals surface area contributed by atoms with Crippen LogP contribution in [0.1, 0.15) is 11.1 Å². The lowest BCUT2D eigenvalue weighted by atomic mass is 10.1. The first-order chi connectivity index (χ1) is 13.9. The second kappa shape index (κ2) is 9.15. The number of hydrogen-bond acceptors (Lipinski definition) is 5. The Hall–Kier alpha value is -2.77. The number of benzene rings is 2. The molecule has 6 nitrogen and oxygen atoms in total. The molecule has 0 saturated carbocycles. The second-order valence-corrected chi connectivity index (χ2v) is 7.78. The number of halogens is 1. The Kier molecular flexibility index (Phi) is 6.61. The van der Waals surface area contributed by atoms with Crippen molar-refractivity contribution >= 4 is 35.0 Å². The summed E-state index contributed by atoms with van der Waals surface area (Å²) in [7, 11) is 1.53. The van der Waals surface area contributed by atoms with Crippen molar-refractivity contribution in [2.45, 2.75) is 18.9 Å². The van der Waals surface area contributed by atoms with E-state index in [2.05, 4.69) is 10.4 Å². The number of carbonyl (C=O) groups is 1. The van der Waals surface area contributed by atoms with Crippen molar-refractivity contribution in [3.8, 4) is 11.4 Å². The predicted molar refractivity (Wildman–Crippen MR) is 117 cm³/mol. The molecular formula is C21H20ClN3O3S. The molecule has 0 spiro atoms. The maximum absolute atomic E-state index is 12.3. The summed E-state index contributed by atoms with van der Waals surface area (Å²) in [6.07, 6.45) is 0. The number of ether oxygens (including phenoxy) is 1. The lowest BCUT2D eigenvalue weighted by molar-refractivity contribution is -0.113. The maximum Gasteiger partial charge on any atom is 0.271 e. The van der Waals surface area contributed by atoms with E-state index in [9.17, 15) is 9.59 Å². The Morgan fingerprint density at radius 3 is 2.62 bits per heavy atom. The van der Waals surface area contributed by atoms with E-state index in [0.29, 0.717) is 27.2 Å². The van der Waals surface area contributed by atoms with Gasteiger partial charge in [0.2, 0.25) is 5.91 Å². The minimum atomic E-state index is -0.227. The Morgan fingerprint density at radius 2 is 1.93 bits per heavy atom. The van der Waals surface area contributed by atoms with Gasteiger partial charge in [-0.25, -0.2) is 0 Å². The summed E-state index contributed by atoms with van der Waals surface area (Å²) in [6, 6.07) is 13.8. The van der Waals surface area contributed by atoms with Crippen LogP contribution >= 0.6 is 23.4 Å². The highest BCUT2D eigenvalue weighted by Crippen LogP contribution is 2.27. The summed E-state index contributed by atoms with van der Waals surface area (Å²) >= 11 is 7.32. The number of aryl methyl sites for hydroxylation is 2. The van der Waals surface area contributed by atoms with Gasteiger partial charge in [-0.05, 0) is 61.4 Å². The molecule has 1 heterocycles. The molecule has 8 heteroatoms. The molecule has 0 unspecified atom stereocenters. The van der Waals surface area contributed by atoms with Crippen LogP contribution < -0.4 is 15.6 Å². The number of hydrogen-bond donors (Lipinski definition) is 1. The fraction of sp³-hybridized carbons (Fsp3) is 0.190. The predicted octanol–water partition coefficient (Wildman–Crippen LogP) is 4.24. The topological polar surface area (TPSA) is 73.2 Å². The highest BCUT2D eigenvalue weighted by molar-refractivity contribution is 7.99. The number of nitrogens with one attached hydrogen (secondary N) is 1. The molecule has 0 radical (unpaired) electrons. The molecular weight excluding hydrogens is 410 g/mol. The van der Waals surface area contributed by atoms with Crippen LogP contribution in [0, 0.1) is 13.8 Å². The van der Waals surface area contributed by atoms with Crippen LogP contribution in [0.5, 0.6) is 5.75 Å². The molecule has 0 aliphatic carbocycles. The fourth-order valence-electron chi connectivity index (χ4n) is 2.59. The van der Waals surface area contributed by atoms with Gasteiger partial charge in [0.25, 0.3) is 5.56 Å². The zero-order valence-electron chi connectivity index (χ0n) is 16.2. The van der Waals surface area contributed by atoms with Crippen LogP contribution in [0.3, 0.4) is 0 Å². The molecule has 3 aromatic rings. The SMILES string of the molecule is COc1ccc(NC(=O)CSc2ccc(=O)n(-c3ccc(C)c(C)c3)n2)cc1Cl. The molecule has 1 aromatic heterocycles. The summed E-state index contributed by atoms with van der Waals surface area (Å²) < 4.78 is 6.44. The third-order valence-electron chi connectivity index (χ3n) is 4.30. The molecule has 0 saturated heterocycles. The summed E-state index contributed by atoms with van der Waals surface area (Å²) in [5, 5.41) is 8.15. The van der Waals surface area contributed by atoms with Gasteiger partial charge < -0.3 is 10.1 Å². The van der Waals surface area contributed by atoms with Gasteiger partial charge in [-0.15, -0.1) is 0 Å². The van der Waals surface area contributed by atoms with Crippen LogP contribution in [0.15, 0.2) is 58.4 Å². The van der Waals surface area contributed by atoms with Crippen molar-refractivity contribution in [3.05, 3.63) is 75.0 Å². The molecule has 3 rings (SSSR count). The molecule has 0 aliphatic rings. The van der Waals surface area contributed by atoms with E-state index in [1.807, 2.05) is 32.0 Å². The van der Waals surface area contributed by atoms with E-state index in [1.54, 1.807) is 24.3 Å². The quantitative estimate of drug-likeness (QED) is 0.593. The highest BCUT2D eigenvalue weighted by Gasteiger charge is 2.09. The van der Waals surface area contributed by atoms with E-state index in [0.717, 1.165) is 11.1 Å². The maximum atomic E-state index is 12.3. The van der Waals surface area contributed by atoms with Crippen molar-refractivity contribution in [2.24, 2.45) is 0 Å². The molecule has 0 aliphatic heterocycles. The lowest BCUT2D eigenvalue weighted by Gasteiger charge is -2.10. The molecule has 1 N–H and O–H groups in total. The fourth-order valence-corrected chi connectivity index (χ4v) is 3.51. The minimum Gasteiger partial charge on any atom is -0.495 e. The van der Waals surface area contributed by atoms with Gasteiger partial charge in [0.05, 0.1) is 23.6 Å². The Morgan fingerprint density at radius 1 is 1.14 bits per heavy atom. The van der Waals surface area contributed by atoms with E-state index < -0.39 is 0 Å². The average Bonchev–Trinajstić information content (AvgIpc) is 2.70. The van der Waals surface area contributed by atoms with Gasteiger partial charge in [-0.1, -0.05) is 29.4 Å². The normalized spacial score (nSPS) is 10.6. The first-order valence-electron chi connectivity index (χ1n) is 8.81. The Balaban J connectivity index is 1.69. The summed E-state index contributed by atoms with van der Waals surface area (Å²) in [5.41, 5.74) is 3.26. The average molecular weight is 430 g/mol. The Bertz CT molecular complexity index is 1110. The van der Waals surface area contributed by atoms with Crippen molar-refractivity contribution in [2.75, 3.05) is 18.2 Å².